The molecule has 0 bridgehead atoms. The second-order valence-corrected chi connectivity index (χ2v) is 4.04. The lowest BCUT2D eigenvalue weighted by atomic mass is 10.2. The van der Waals surface area contributed by atoms with Gasteiger partial charge in [0.2, 0.25) is 0 Å². The van der Waals surface area contributed by atoms with Crippen LogP contribution in [-0.4, -0.2) is 18.5 Å². The summed E-state index contributed by atoms with van der Waals surface area (Å²) >= 11 is 3.31. The van der Waals surface area contributed by atoms with Crippen LogP contribution >= 0.6 is 15.9 Å². The van der Waals surface area contributed by atoms with Crippen LogP contribution in [0.5, 0.6) is 0 Å². The Morgan fingerprint density at radius 3 is 2.93 bits per heavy atom. The quantitative estimate of drug-likeness (QED) is 0.862. The topological polar surface area (TPSA) is 55.1 Å². The number of benzene rings is 1. The van der Waals surface area contributed by atoms with Crippen molar-refractivity contribution < 1.29 is 4.79 Å². The minimum atomic E-state index is -0.0933. The lowest BCUT2D eigenvalue weighted by Crippen LogP contribution is -2.37. The smallest absolute Gasteiger partial charge is 0.251 e. The normalized spacial score (nSPS) is 12.2. The summed E-state index contributed by atoms with van der Waals surface area (Å²) in [6.07, 6.45) is 0. The highest BCUT2D eigenvalue weighted by atomic mass is 79.9. The van der Waals surface area contributed by atoms with Gasteiger partial charge in [-0.1, -0.05) is 22.0 Å². The van der Waals surface area contributed by atoms with Gasteiger partial charge >= 0.3 is 0 Å². The molecule has 0 aromatic heterocycles. The largest absolute Gasteiger partial charge is 0.348 e. The summed E-state index contributed by atoms with van der Waals surface area (Å²) in [5, 5.41) is 2.79. The molecule has 0 fully saturated rings. The van der Waals surface area contributed by atoms with Crippen molar-refractivity contribution in [3.8, 4) is 0 Å². The van der Waals surface area contributed by atoms with Crippen LogP contribution in [0.15, 0.2) is 28.7 Å². The molecule has 1 rings (SSSR count). The van der Waals surface area contributed by atoms with Crippen molar-refractivity contribution >= 4 is 21.8 Å². The first-order valence-electron chi connectivity index (χ1n) is 4.40. The van der Waals surface area contributed by atoms with Crippen molar-refractivity contribution in [3.05, 3.63) is 34.3 Å². The Hall–Kier alpha value is -0.870. The first-order chi connectivity index (χ1) is 6.63. The van der Waals surface area contributed by atoms with Gasteiger partial charge in [-0.2, -0.15) is 0 Å². The maximum Gasteiger partial charge on any atom is 0.251 e. The number of hydrogen-bond donors (Lipinski definition) is 2. The van der Waals surface area contributed by atoms with Gasteiger partial charge in [-0.05, 0) is 25.1 Å². The molecule has 4 heteroatoms. The number of nitrogens with one attached hydrogen (secondary N) is 1. The first kappa shape index (κ1) is 11.2. The average Bonchev–Trinajstić information content (AvgIpc) is 2.17. The van der Waals surface area contributed by atoms with Gasteiger partial charge in [-0.3, -0.25) is 4.79 Å². The maximum absolute atomic E-state index is 11.6. The average molecular weight is 257 g/mol. The fourth-order valence-corrected chi connectivity index (χ4v) is 1.40. The number of carbonyl (C=O) groups excluding carboxylic acids is 1. The molecule has 0 aliphatic heterocycles. The highest BCUT2D eigenvalue weighted by Gasteiger charge is 2.07. The lowest BCUT2D eigenvalue weighted by Gasteiger charge is -2.11. The molecule has 14 heavy (non-hydrogen) atoms. The summed E-state index contributed by atoms with van der Waals surface area (Å²) in [5.41, 5.74) is 6.04. The van der Waals surface area contributed by atoms with Crippen LogP contribution in [0.3, 0.4) is 0 Å². The van der Waals surface area contributed by atoms with Crippen LogP contribution in [0.2, 0.25) is 0 Å². The summed E-state index contributed by atoms with van der Waals surface area (Å²) < 4.78 is 0.894. The van der Waals surface area contributed by atoms with E-state index in [4.69, 9.17) is 5.73 Å². The van der Waals surface area contributed by atoms with Gasteiger partial charge in [0.05, 0.1) is 0 Å². The number of halogens is 1. The molecule has 1 aromatic rings. The molecule has 0 spiro atoms. The van der Waals surface area contributed by atoms with E-state index in [9.17, 15) is 4.79 Å². The van der Waals surface area contributed by atoms with E-state index in [1.165, 1.54) is 0 Å². The van der Waals surface area contributed by atoms with E-state index in [2.05, 4.69) is 21.2 Å². The number of nitrogens with two attached hydrogens (primary N) is 1. The Labute approximate surface area is 91.8 Å². The molecule has 1 atom stereocenters. The van der Waals surface area contributed by atoms with Crippen molar-refractivity contribution in [3.63, 3.8) is 0 Å². The standard InChI is InChI=1S/C10H13BrN2O/c1-7(6-12)13-10(14)8-3-2-4-9(11)5-8/h2-5,7H,6,12H2,1H3,(H,13,14)/t7-/m1/s1. The van der Waals surface area contributed by atoms with E-state index in [1.807, 2.05) is 19.1 Å². The zero-order valence-electron chi connectivity index (χ0n) is 7.96. The first-order valence-corrected chi connectivity index (χ1v) is 5.19. The fraction of sp³-hybridized carbons (Fsp3) is 0.300. The van der Waals surface area contributed by atoms with Gasteiger partial charge < -0.3 is 11.1 Å². The Morgan fingerprint density at radius 2 is 2.36 bits per heavy atom. The molecule has 3 nitrogen and oxygen atoms in total. The predicted molar refractivity (Wildman–Crippen MR) is 60.1 cm³/mol. The van der Waals surface area contributed by atoms with Gasteiger partial charge in [0, 0.05) is 22.6 Å². The Morgan fingerprint density at radius 1 is 1.64 bits per heavy atom. The molecule has 1 aromatic carbocycles. The summed E-state index contributed by atoms with van der Waals surface area (Å²) in [5.74, 6) is -0.0933. The van der Waals surface area contributed by atoms with Crippen LogP contribution in [0.4, 0.5) is 0 Å². The number of rotatable bonds is 3. The van der Waals surface area contributed by atoms with Gasteiger partial charge in [-0.15, -0.1) is 0 Å². The minimum absolute atomic E-state index is 0.00137. The molecule has 76 valence electrons. The highest BCUT2D eigenvalue weighted by Crippen LogP contribution is 2.11. The Bertz CT molecular complexity index is 328. The van der Waals surface area contributed by atoms with E-state index in [1.54, 1.807) is 12.1 Å². The van der Waals surface area contributed by atoms with Gasteiger partial charge in [0.1, 0.15) is 0 Å². The number of hydrogen-bond acceptors (Lipinski definition) is 2. The van der Waals surface area contributed by atoms with Crippen molar-refractivity contribution in [2.24, 2.45) is 5.73 Å². The van der Waals surface area contributed by atoms with E-state index in [0.717, 1.165) is 4.47 Å². The summed E-state index contributed by atoms with van der Waals surface area (Å²) in [6.45, 7) is 2.32. The van der Waals surface area contributed by atoms with Crippen molar-refractivity contribution in [2.45, 2.75) is 13.0 Å². The van der Waals surface area contributed by atoms with E-state index in [0.29, 0.717) is 12.1 Å². The van der Waals surface area contributed by atoms with Gasteiger partial charge in [0.25, 0.3) is 5.91 Å². The molecule has 0 aliphatic rings. The zero-order chi connectivity index (χ0) is 10.6. The highest BCUT2D eigenvalue weighted by molar-refractivity contribution is 9.10. The molecular weight excluding hydrogens is 244 g/mol. The zero-order valence-corrected chi connectivity index (χ0v) is 9.54. The minimum Gasteiger partial charge on any atom is -0.348 e. The molecule has 0 saturated carbocycles. The molecule has 1 amide bonds. The second-order valence-electron chi connectivity index (χ2n) is 3.12. The Kier molecular flexibility index (Phi) is 4.10. The maximum atomic E-state index is 11.6. The van der Waals surface area contributed by atoms with E-state index in [-0.39, 0.29) is 11.9 Å². The monoisotopic (exact) mass is 256 g/mol. The number of carbonyl (C=O) groups is 1. The fourth-order valence-electron chi connectivity index (χ4n) is 0.996. The molecule has 0 unspecified atom stereocenters. The second kappa shape index (κ2) is 5.12. The van der Waals surface area contributed by atoms with Crippen molar-refractivity contribution in [2.75, 3.05) is 6.54 Å². The van der Waals surface area contributed by atoms with Crippen molar-refractivity contribution in [1.29, 1.82) is 0 Å². The molecule has 0 saturated heterocycles. The summed E-state index contributed by atoms with van der Waals surface area (Å²) in [4.78, 5) is 11.6. The van der Waals surface area contributed by atoms with Crippen LogP contribution in [0.1, 0.15) is 17.3 Å². The lowest BCUT2D eigenvalue weighted by molar-refractivity contribution is 0.0941. The van der Waals surface area contributed by atoms with Crippen LogP contribution in [-0.2, 0) is 0 Å². The third-order valence-corrected chi connectivity index (χ3v) is 2.31. The van der Waals surface area contributed by atoms with E-state index >= 15 is 0 Å². The van der Waals surface area contributed by atoms with Crippen LogP contribution < -0.4 is 11.1 Å². The summed E-state index contributed by atoms with van der Waals surface area (Å²) in [7, 11) is 0. The molecule has 3 N–H and O–H groups in total. The third-order valence-electron chi connectivity index (χ3n) is 1.82. The third kappa shape index (κ3) is 3.12. The van der Waals surface area contributed by atoms with Crippen molar-refractivity contribution in [1.82, 2.24) is 5.32 Å². The van der Waals surface area contributed by atoms with E-state index < -0.39 is 0 Å². The Balaban J connectivity index is 2.70. The van der Waals surface area contributed by atoms with Crippen LogP contribution in [0.25, 0.3) is 0 Å². The van der Waals surface area contributed by atoms with Gasteiger partial charge in [0.15, 0.2) is 0 Å². The van der Waals surface area contributed by atoms with Crippen LogP contribution in [0, 0.1) is 0 Å². The summed E-state index contributed by atoms with van der Waals surface area (Å²) in [6, 6.07) is 7.25. The molecule has 0 radical (unpaired) electrons. The van der Waals surface area contributed by atoms with Gasteiger partial charge in [-0.25, -0.2) is 0 Å². The molecular formula is C10H13BrN2O. The molecule has 0 heterocycles. The molecule has 0 aliphatic carbocycles. The number of amides is 1. The predicted octanol–water partition coefficient (Wildman–Crippen LogP) is 1.53. The SMILES string of the molecule is C[C@H](CN)NC(=O)c1cccc(Br)c1.